The van der Waals surface area contributed by atoms with Crippen LogP contribution in [0.25, 0.3) is 10.8 Å². The quantitative estimate of drug-likeness (QED) is 0.934. The number of nitrogens with zero attached hydrogens (tertiary/aromatic N) is 2. The molecule has 1 aromatic heterocycles. The zero-order valence-electron chi connectivity index (χ0n) is 11.4. The summed E-state index contributed by atoms with van der Waals surface area (Å²) in [6, 6.07) is 5.11. The molecule has 1 saturated heterocycles. The first-order valence-corrected chi connectivity index (χ1v) is 8.58. The van der Waals surface area contributed by atoms with E-state index < -0.39 is 10.0 Å². The van der Waals surface area contributed by atoms with Crippen LogP contribution < -0.4 is 5.73 Å². The third-order valence-corrected chi connectivity index (χ3v) is 6.09. The molecule has 1 unspecified atom stereocenters. The number of hydrogen-bond acceptors (Lipinski definition) is 4. The molecule has 2 heterocycles. The largest absolute Gasteiger partial charge is 0.330 e. The summed E-state index contributed by atoms with van der Waals surface area (Å²) in [4.78, 5) is 4.24. The zero-order chi connectivity index (χ0) is 15.0. The molecule has 7 heteroatoms. The molecule has 1 aliphatic rings. The van der Waals surface area contributed by atoms with E-state index in [1.54, 1.807) is 24.4 Å². The van der Waals surface area contributed by atoms with Gasteiger partial charge in [-0.1, -0.05) is 23.7 Å². The van der Waals surface area contributed by atoms with Gasteiger partial charge in [-0.25, -0.2) is 8.42 Å². The number of halogens is 1. The fourth-order valence-electron chi connectivity index (χ4n) is 2.72. The van der Waals surface area contributed by atoms with Gasteiger partial charge < -0.3 is 5.73 Å². The lowest BCUT2D eigenvalue weighted by molar-refractivity contribution is 0.460. The lowest BCUT2D eigenvalue weighted by Crippen LogP contribution is -2.30. The molecule has 1 fully saturated rings. The van der Waals surface area contributed by atoms with Crippen molar-refractivity contribution in [3.05, 3.63) is 35.6 Å². The Balaban J connectivity index is 2.12. The second kappa shape index (κ2) is 5.53. The van der Waals surface area contributed by atoms with E-state index in [4.69, 9.17) is 17.3 Å². The van der Waals surface area contributed by atoms with Gasteiger partial charge in [0.1, 0.15) is 0 Å². The number of aromatic nitrogens is 1. The minimum Gasteiger partial charge on any atom is -0.330 e. The summed E-state index contributed by atoms with van der Waals surface area (Å²) in [6.07, 6.45) is 3.89. The van der Waals surface area contributed by atoms with E-state index in [2.05, 4.69) is 4.98 Å². The lowest BCUT2D eigenvalue weighted by Gasteiger charge is -2.18. The summed E-state index contributed by atoms with van der Waals surface area (Å²) in [5.41, 5.74) is 5.64. The topological polar surface area (TPSA) is 76.3 Å². The molecule has 112 valence electrons. The van der Waals surface area contributed by atoms with E-state index >= 15 is 0 Å². The van der Waals surface area contributed by atoms with Crippen molar-refractivity contribution in [1.29, 1.82) is 0 Å². The van der Waals surface area contributed by atoms with E-state index in [0.717, 1.165) is 11.8 Å². The summed E-state index contributed by atoms with van der Waals surface area (Å²) in [5.74, 6) is 0.229. The average molecular weight is 326 g/mol. The van der Waals surface area contributed by atoms with E-state index in [9.17, 15) is 8.42 Å². The Morgan fingerprint density at radius 1 is 1.38 bits per heavy atom. The molecule has 0 saturated carbocycles. The van der Waals surface area contributed by atoms with Crippen molar-refractivity contribution in [3.63, 3.8) is 0 Å². The van der Waals surface area contributed by atoms with E-state index in [-0.39, 0.29) is 10.8 Å². The van der Waals surface area contributed by atoms with Crippen molar-refractivity contribution < 1.29 is 8.42 Å². The Hall–Kier alpha value is -1.21. The van der Waals surface area contributed by atoms with Gasteiger partial charge in [0.15, 0.2) is 0 Å². The molecule has 0 radical (unpaired) electrons. The maximum atomic E-state index is 12.9. The Labute approximate surface area is 128 Å². The number of benzene rings is 1. The molecule has 5 nitrogen and oxygen atoms in total. The van der Waals surface area contributed by atoms with Crippen LogP contribution in [-0.2, 0) is 10.0 Å². The Kier molecular flexibility index (Phi) is 3.88. The van der Waals surface area contributed by atoms with Crippen LogP contribution >= 0.6 is 11.6 Å². The maximum Gasteiger partial charge on any atom is 0.243 e. The predicted octanol–water partition coefficient (Wildman–Crippen LogP) is 1.86. The molecule has 1 aliphatic heterocycles. The molecule has 0 bridgehead atoms. The molecule has 3 rings (SSSR count). The molecular weight excluding hydrogens is 310 g/mol. The third-order valence-electron chi connectivity index (χ3n) is 3.90. The molecule has 2 aromatic rings. The Morgan fingerprint density at radius 3 is 2.90 bits per heavy atom. The highest BCUT2D eigenvalue weighted by Gasteiger charge is 2.33. The van der Waals surface area contributed by atoms with Gasteiger partial charge in [-0.05, 0) is 24.9 Å². The highest BCUT2D eigenvalue weighted by molar-refractivity contribution is 7.89. The average Bonchev–Trinajstić information content (AvgIpc) is 2.97. The van der Waals surface area contributed by atoms with Crippen molar-refractivity contribution in [1.82, 2.24) is 9.29 Å². The van der Waals surface area contributed by atoms with Gasteiger partial charge in [0.25, 0.3) is 0 Å². The standard InChI is InChI=1S/C14H16ClN3O2S/c15-12-8-17-7-11-2-1-3-13(14(11)12)21(19,20)18-5-4-10(6-16)9-18/h1-3,7-8,10H,4-6,9,16H2. The smallest absolute Gasteiger partial charge is 0.243 e. The van der Waals surface area contributed by atoms with E-state index in [1.807, 2.05) is 0 Å². The van der Waals surface area contributed by atoms with Gasteiger partial charge >= 0.3 is 0 Å². The Bertz CT molecular complexity index is 774. The van der Waals surface area contributed by atoms with Crippen molar-refractivity contribution in [3.8, 4) is 0 Å². The molecule has 2 N–H and O–H groups in total. The van der Waals surface area contributed by atoms with Crippen molar-refractivity contribution in [2.45, 2.75) is 11.3 Å². The molecule has 21 heavy (non-hydrogen) atoms. The number of rotatable bonds is 3. The number of fused-ring (bicyclic) bond motifs is 1. The summed E-state index contributed by atoms with van der Waals surface area (Å²) in [6.45, 7) is 1.48. The van der Waals surface area contributed by atoms with Gasteiger partial charge in [-0.15, -0.1) is 0 Å². The van der Waals surface area contributed by atoms with Crippen molar-refractivity contribution in [2.75, 3.05) is 19.6 Å². The van der Waals surface area contributed by atoms with Gasteiger partial charge in [-0.3, -0.25) is 4.98 Å². The van der Waals surface area contributed by atoms with Crippen LogP contribution in [-0.4, -0.2) is 37.3 Å². The van der Waals surface area contributed by atoms with Crippen LogP contribution in [0.2, 0.25) is 5.02 Å². The molecule has 1 atom stereocenters. The summed E-state index contributed by atoms with van der Waals surface area (Å²) >= 11 is 6.17. The van der Waals surface area contributed by atoms with Crippen LogP contribution in [0.4, 0.5) is 0 Å². The molecule has 1 aromatic carbocycles. The van der Waals surface area contributed by atoms with E-state index in [0.29, 0.717) is 30.0 Å². The minimum atomic E-state index is -3.57. The van der Waals surface area contributed by atoms with Crippen LogP contribution in [0, 0.1) is 5.92 Å². The first-order chi connectivity index (χ1) is 10.0. The summed E-state index contributed by atoms with van der Waals surface area (Å²) in [5, 5.41) is 1.60. The van der Waals surface area contributed by atoms with Crippen LogP contribution in [0.5, 0.6) is 0 Å². The van der Waals surface area contributed by atoms with Gasteiger partial charge in [0, 0.05) is 36.3 Å². The lowest BCUT2D eigenvalue weighted by atomic mass is 10.1. The van der Waals surface area contributed by atoms with E-state index in [1.165, 1.54) is 10.5 Å². The Morgan fingerprint density at radius 2 is 2.19 bits per heavy atom. The van der Waals surface area contributed by atoms with Crippen LogP contribution in [0.15, 0.2) is 35.5 Å². The molecule has 0 spiro atoms. The van der Waals surface area contributed by atoms with Crippen LogP contribution in [0.1, 0.15) is 6.42 Å². The normalized spacial score (nSPS) is 20.2. The monoisotopic (exact) mass is 325 g/mol. The molecular formula is C14H16ClN3O2S. The molecule has 0 aliphatic carbocycles. The number of sulfonamides is 1. The SMILES string of the molecule is NCC1CCN(S(=O)(=O)c2cccc3cncc(Cl)c23)C1. The third kappa shape index (κ3) is 2.53. The van der Waals surface area contributed by atoms with Crippen molar-refractivity contribution >= 4 is 32.4 Å². The second-order valence-electron chi connectivity index (χ2n) is 5.23. The van der Waals surface area contributed by atoms with Gasteiger partial charge in [0.05, 0.1) is 9.92 Å². The van der Waals surface area contributed by atoms with Gasteiger partial charge in [-0.2, -0.15) is 4.31 Å². The first-order valence-electron chi connectivity index (χ1n) is 6.76. The first kappa shape index (κ1) is 14.7. The number of hydrogen-bond donors (Lipinski definition) is 1. The van der Waals surface area contributed by atoms with Crippen molar-refractivity contribution in [2.24, 2.45) is 11.7 Å². The highest BCUT2D eigenvalue weighted by atomic mass is 35.5. The number of pyridine rings is 1. The maximum absolute atomic E-state index is 12.9. The van der Waals surface area contributed by atoms with Gasteiger partial charge in [0.2, 0.25) is 10.0 Å². The summed E-state index contributed by atoms with van der Waals surface area (Å²) < 4.78 is 27.2. The fourth-order valence-corrected chi connectivity index (χ4v) is 4.81. The predicted molar refractivity (Wildman–Crippen MR) is 82.7 cm³/mol. The zero-order valence-corrected chi connectivity index (χ0v) is 12.9. The highest BCUT2D eigenvalue weighted by Crippen LogP contribution is 2.32. The number of nitrogens with two attached hydrogens (primary N) is 1. The summed E-state index contributed by atoms with van der Waals surface area (Å²) in [7, 11) is -3.57. The fraction of sp³-hybridized carbons (Fsp3) is 0.357. The second-order valence-corrected chi connectivity index (χ2v) is 7.54. The van der Waals surface area contributed by atoms with Crippen LogP contribution in [0.3, 0.4) is 0 Å². The minimum absolute atomic E-state index is 0.229. The molecule has 0 amide bonds.